The molecular formula is C27H25NO2. The van der Waals surface area contributed by atoms with Crippen molar-refractivity contribution in [3.63, 3.8) is 0 Å². The Kier molecular flexibility index (Phi) is 5.80. The maximum atomic E-state index is 13.0. The van der Waals surface area contributed by atoms with E-state index in [1.807, 2.05) is 49.4 Å². The molecule has 0 saturated heterocycles. The van der Waals surface area contributed by atoms with Gasteiger partial charge in [0.1, 0.15) is 12.4 Å². The lowest BCUT2D eigenvalue weighted by Crippen LogP contribution is -2.27. The molecule has 150 valence electrons. The van der Waals surface area contributed by atoms with E-state index in [4.69, 9.17) is 4.74 Å². The summed E-state index contributed by atoms with van der Waals surface area (Å²) in [4.78, 5) is 13.0. The Morgan fingerprint density at radius 2 is 1.63 bits per heavy atom. The number of nitrogens with one attached hydrogen (secondary N) is 1. The van der Waals surface area contributed by atoms with Gasteiger partial charge >= 0.3 is 0 Å². The molecule has 0 radical (unpaired) electrons. The molecule has 0 saturated carbocycles. The Labute approximate surface area is 177 Å². The average molecular weight is 396 g/mol. The number of carbonyl (C=O) groups excluding carboxylic acids is 1. The molecule has 3 heteroatoms. The third-order valence-corrected chi connectivity index (χ3v) is 5.23. The van der Waals surface area contributed by atoms with Gasteiger partial charge in [-0.2, -0.15) is 0 Å². The molecule has 4 rings (SSSR count). The molecule has 30 heavy (non-hydrogen) atoms. The fourth-order valence-corrected chi connectivity index (χ4v) is 3.58. The summed E-state index contributed by atoms with van der Waals surface area (Å²) >= 11 is 0. The minimum atomic E-state index is -0.143. The normalized spacial score (nSPS) is 11.8. The Hall–Kier alpha value is -3.59. The molecule has 0 unspecified atom stereocenters. The molecule has 0 aromatic heterocycles. The monoisotopic (exact) mass is 395 g/mol. The average Bonchev–Trinajstić information content (AvgIpc) is 2.77. The molecule has 1 N–H and O–H groups in total. The van der Waals surface area contributed by atoms with Gasteiger partial charge in [0.2, 0.25) is 0 Å². The van der Waals surface area contributed by atoms with Crippen molar-refractivity contribution in [3.8, 4) is 5.75 Å². The zero-order valence-electron chi connectivity index (χ0n) is 17.3. The molecule has 0 fully saturated rings. The summed E-state index contributed by atoms with van der Waals surface area (Å²) in [7, 11) is 0. The smallest absolute Gasteiger partial charge is 0.255 e. The number of carbonyl (C=O) groups is 1. The fraction of sp³-hybridized carbons (Fsp3) is 0.148. The van der Waals surface area contributed by atoms with Crippen LogP contribution in [0.2, 0.25) is 0 Å². The minimum absolute atomic E-state index is 0.119. The summed E-state index contributed by atoms with van der Waals surface area (Å²) in [5.74, 6) is 0.442. The largest absolute Gasteiger partial charge is 0.488 e. The number of benzene rings is 4. The van der Waals surface area contributed by atoms with Crippen molar-refractivity contribution in [3.05, 3.63) is 113 Å². The number of fused-ring (bicyclic) bond motifs is 1. The van der Waals surface area contributed by atoms with Crippen LogP contribution in [-0.4, -0.2) is 5.91 Å². The molecule has 0 aliphatic rings. The summed E-state index contributed by atoms with van der Waals surface area (Å²) in [6, 6.07) is 29.9. The van der Waals surface area contributed by atoms with Crippen LogP contribution in [0.4, 0.5) is 0 Å². The molecule has 0 aliphatic heterocycles. The lowest BCUT2D eigenvalue weighted by atomic mass is 10.0. The molecule has 1 atom stereocenters. The summed E-state index contributed by atoms with van der Waals surface area (Å²) in [6.07, 6.45) is 0. The fourth-order valence-electron chi connectivity index (χ4n) is 3.58. The van der Waals surface area contributed by atoms with Crippen molar-refractivity contribution < 1.29 is 9.53 Å². The van der Waals surface area contributed by atoms with Crippen LogP contribution in [0.1, 0.15) is 40.0 Å². The van der Waals surface area contributed by atoms with E-state index in [1.165, 1.54) is 10.9 Å². The molecule has 4 aromatic carbocycles. The minimum Gasteiger partial charge on any atom is -0.488 e. The first-order valence-electron chi connectivity index (χ1n) is 10.2. The number of hydrogen-bond donors (Lipinski definition) is 1. The van der Waals surface area contributed by atoms with E-state index in [0.29, 0.717) is 17.9 Å². The molecule has 0 aliphatic carbocycles. The second-order valence-corrected chi connectivity index (χ2v) is 7.58. The summed E-state index contributed by atoms with van der Waals surface area (Å²) in [5.41, 5.74) is 3.87. The van der Waals surface area contributed by atoms with Gasteiger partial charge in [-0.25, -0.2) is 0 Å². The van der Waals surface area contributed by atoms with Crippen LogP contribution in [0.3, 0.4) is 0 Å². The lowest BCUT2D eigenvalue weighted by Gasteiger charge is -2.17. The topological polar surface area (TPSA) is 38.3 Å². The van der Waals surface area contributed by atoms with Crippen molar-refractivity contribution in [2.45, 2.75) is 26.5 Å². The molecule has 0 spiro atoms. The van der Waals surface area contributed by atoms with Gasteiger partial charge in [0.25, 0.3) is 5.91 Å². The third kappa shape index (κ3) is 4.52. The van der Waals surface area contributed by atoms with Gasteiger partial charge in [-0.05, 0) is 53.9 Å². The van der Waals surface area contributed by atoms with Gasteiger partial charge < -0.3 is 10.1 Å². The van der Waals surface area contributed by atoms with Crippen molar-refractivity contribution in [1.82, 2.24) is 5.32 Å². The van der Waals surface area contributed by atoms with Crippen LogP contribution in [-0.2, 0) is 6.61 Å². The Morgan fingerprint density at radius 3 is 2.47 bits per heavy atom. The van der Waals surface area contributed by atoms with Crippen LogP contribution < -0.4 is 10.1 Å². The molecular weight excluding hydrogens is 370 g/mol. The van der Waals surface area contributed by atoms with Crippen molar-refractivity contribution in [1.29, 1.82) is 0 Å². The predicted octanol–water partition coefficient (Wildman–Crippen LogP) is 6.22. The van der Waals surface area contributed by atoms with Crippen molar-refractivity contribution in [2.24, 2.45) is 0 Å². The standard InChI is InChI=1S/C27H25NO2/c1-19-8-7-9-21(16-19)18-30-26-13-6-5-12-25(26)27(29)28-20(2)23-15-14-22-10-3-4-11-24(22)17-23/h3-17,20H,18H2,1-2H3,(H,28,29)/t20-/m1/s1. The second kappa shape index (κ2) is 8.83. The van der Waals surface area contributed by atoms with Gasteiger partial charge in [0, 0.05) is 0 Å². The highest BCUT2D eigenvalue weighted by molar-refractivity contribution is 5.97. The molecule has 4 aromatic rings. The lowest BCUT2D eigenvalue weighted by molar-refractivity contribution is 0.0935. The van der Waals surface area contributed by atoms with E-state index < -0.39 is 0 Å². The summed E-state index contributed by atoms with van der Waals surface area (Å²) in [6.45, 7) is 4.48. The molecule has 0 heterocycles. The highest BCUT2D eigenvalue weighted by Crippen LogP contribution is 2.23. The molecule has 1 amide bonds. The predicted molar refractivity (Wildman–Crippen MR) is 122 cm³/mol. The van der Waals surface area contributed by atoms with E-state index in [-0.39, 0.29) is 11.9 Å². The first-order chi connectivity index (χ1) is 14.6. The Morgan fingerprint density at radius 1 is 0.867 bits per heavy atom. The number of amides is 1. The van der Waals surface area contributed by atoms with Gasteiger partial charge in [0.05, 0.1) is 11.6 Å². The van der Waals surface area contributed by atoms with Gasteiger partial charge in [-0.15, -0.1) is 0 Å². The van der Waals surface area contributed by atoms with Crippen molar-refractivity contribution in [2.75, 3.05) is 0 Å². The zero-order chi connectivity index (χ0) is 20.9. The van der Waals surface area contributed by atoms with Crippen LogP contribution in [0.25, 0.3) is 10.8 Å². The van der Waals surface area contributed by atoms with Gasteiger partial charge in [-0.3, -0.25) is 4.79 Å². The van der Waals surface area contributed by atoms with E-state index in [2.05, 4.69) is 54.7 Å². The number of rotatable bonds is 6. The number of hydrogen-bond acceptors (Lipinski definition) is 2. The van der Waals surface area contributed by atoms with Crippen LogP contribution in [0, 0.1) is 6.92 Å². The highest BCUT2D eigenvalue weighted by atomic mass is 16.5. The maximum Gasteiger partial charge on any atom is 0.255 e. The molecule has 3 nitrogen and oxygen atoms in total. The first kappa shape index (κ1) is 19.7. The van der Waals surface area contributed by atoms with Crippen LogP contribution in [0.15, 0.2) is 91.0 Å². The van der Waals surface area contributed by atoms with Gasteiger partial charge in [-0.1, -0.05) is 78.4 Å². The van der Waals surface area contributed by atoms with Crippen LogP contribution in [0.5, 0.6) is 5.75 Å². The number of aryl methyl sites for hydroxylation is 1. The van der Waals surface area contributed by atoms with E-state index >= 15 is 0 Å². The summed E-state index contributed by atoms with van der Waals surface area (Å²) < 4.78 is 5.98. The van der Waals surface area contributed by atoms with E-state index in [9.17, 15) is 4.79 Å². The highest BCUT2D eigenvalue weighted by Gasteiger charge is 2.16. The maximum absolute atomic E-state index is 13.0. The quantitative estimate of drug-likeness (QED) is 0.421. The Balaban J connectivity index is 1.48. The van der Waals surface area contributed by atoms with Gasteiger partial charge in [0.15, 0.2) is 0 Å². The zero-order valence-corrected chi connectivity index (χ0v) is 17.3. The SMILES string of the molecule is Cc1cccc(COc2ccccc2C(=O)N[C@H](C)c2ccc3ccccc3c2)c1. The van der Waals surface area contributed by atoms with E-state index in [1.54, 1.807) is 6.07 Å². The number of ether oxygens (including phenoxy) is 1. The second-order valence-electron chi connectivity index (χ2n) is 7.58. The van der Waals surface area contributed by atoms with Crippen molar-refractivity contribution >= 4 is 16.7 Å². The third-order valence-electron chi connectivity index (χ3n) is 5.23. The van der Waals surface area contributed by atoms with E-state index in [0.717, 1.165) is 16.5 Å². The summed E-state index contributed by atoms with van der Waals surface area (Å²) in [5, 5.41) is 5.46. The number of para-hydroxylation sites is 1. The Bertz CT molecular complexity index is 1180. The first-order valence-corrected chi connectivity index (χ1v) is 10.2. The molecule has 0 bridgehead atoms. The van der Waals surface area contributed by atoms with Crippen LogP contribution >= 0.6 is 0 Å².